The molecule has 4 N–H and O–H groups in total. The Morgan fingerprint density at radius 1 is 1.18 bits per heavy atom. The minimum atomic E-state index is 0. The second-order valence-corrected chi connectivity index (χ2v) is 5.15. The first-order valence-electron chi connectivity index (χ1n) is 2.81. The maximum absolute atomic E-state index is 5.34. The molecule has 0 spiro atoms. The first kappa shape index (κ1) is 14.7. The molecule has 3 nitrogen and oxygen atoms in total. The lowest BCUT2D eigenvalue weighted by atomic mass is 10.8. The predicted octanol–water partition coefficient (Wildman–Crippen LogP) is 1.11. The van der Waals surface area contributed by atoms with Crippen LogP contribution in [0.1, 0.15) is 0 Å². The molecule has 70 valence electrons. The van der Waals surface area contributed by atoms with Gasteiger partial charge in [0.05, 0.1) is 0 Å². The van der Waals surface area contributed by atoms with Gasteiger partial charge in [-0.15, -0.1) is 3.94 Å². The van der Waals surface area contributed by atoms with Crippen LogP contribution in [-0.2, 0) is 0 Å². The summed E-state index contributed by atoms with van der Waals surface area (Å²) in [6.07, 6.45) is 0. The first-order chi connectivity index (χ1) is 4.77. The summed E-state index contributed by atoms with van der Waals surface area (Å²) in [6.45, 7) is 1.41. The van der Waals surface area contributed by atoms with Crippen LogP contribution >= 0.6 is 45.1 Å². The normalized spacial score (nSPS) is 9.82. The SMILES string of the molecule is NCCSSCCN(Cl)Cl.O. The molecule has 0 aliphatic heterocycles. The molecule has 0 aliphatic carbocycles. The molecule has 0 saturated heterocycles. The van der Waals surface area contributed by atoms with Gasteiger partial charge in [-0.1, -0.05) is 21.6 Å². The molecule has 7 heteroatoms. The fraction of sp³-hybridized carbons (Fsp3) is 1.00. The van der Waals surface area contributed by atoms with Gasteiger partial charge in [0.1, 0.15) is 0 Å². The maximum atomic E-state index is 5.34. The molecule has 0 aromatic rings. The van der Waals surface area contributed by atoms with Crippen molar-refractivity contribution in [3.05, 3.63) is 0 Å². The van der Waals surface area contributed by atoms with Gasteiger partial charge in [-0.05, 0) is 23.6 Å². The van der Waals surface area contributed by atoms with Gasteiger partial charge in [0, 0.05) is 24.6 Å². The van der Waals surface area contributed by atoms with E-state index in [2.05, 4.69) is 0 Å². The third-order valence-corrected chi connectivity index (χ3v) is 3.38. The van der Waals surface area contributed by atoms with Crippen molar-refractivity contribution in [2.75, 3.05) is 24.6 Å². The molecule has 11 heavy (non-hydrogen) atoms. The molecule has 0 heterocycles. The summed E-state index contributed by atoms with van der Waals surface area (Å²) < 4.78 is 1.13. The molecular weight excluding hydrogens is 227 g/mol. The molecule has 0 aromatic heterocycles. The van der Waals surface area contributed by atoms with E-state index in [4.69, 9.17) is 29.3 Å². The number of halogens is 2. The van der Waals surface area contributed by atoms with Gasteiger partial charge in [0.2, 0.25) is 0 Å². The average molecular weight is 239 g/mol. The van der Waals surface area contributed by atoms with Crippen molar-refractivity contribution in [1.82, 2.24) is 3.94 Å². The van der Waals surface area contributed by atoms with Crippen molar-refractivity contribution in [3.8, 4) is 0 Å². The van der Waals surface area contributed by atoms with Crippen LogP contribution in [0.25, 0.3) is 0 Å². The molecule has 0 aromatic carbocycles. The van der Waals surface area contributed by atoms with Crippen LogP contribution in [0.4, 0.5) is 0 Å². The Morgan fingerprint density at radius 3 is 2.18 bits per heavy atom. The molecule has 0 radical (unpaired) electrons. The lowest BCUT2D eigenvalue weighted by Gasteiger charge is -2.01. The Morgan fingerprint density at radius 2 is 1.73 bits per heavy atom. The van der Waals surface area contributed by atoms with Gasteiger partial charge in [-0.25, -0.2) is 0 Å². The molecule has 0 bridgehead atoms. The zero-order valence-electron chi connectivity index (χ0n) is 5.93. The van der Waals surface area contributed by atoms with Crippen molar-refractivity contribution in [3.63, 3.8) is 0 Å². The van der Waals surface area contributed by atoms with Crippen LogP contribution in [0.15, 0.2) is 0 Å². The van der Waals surface area contributed by atoms with Crippen molar-refractivity contribution in [2.24, 2.45) is 5.73 Å². The summed E-state index contributed by atoms with van der Waals surface area (Å²) >= 11 is 10.7. The van der Waals surface area contributed by atoms with E-state index >= 15 is 0 Å². The van der Waals surface area contributed by atoms with Crippen LogP contribution < -0.4 is 5.73 Å². The fourth-order valence-corrected chi connectivity index (χ4v) is 2.45. The number of rotatable bonds is 6. The molecule has 0 fully saturated rings. The second kappa shape index (κ2) is 11.2. The number of nitrogens with zero attached hydrogens (tertiary/aromatic N) is 1. The molecule has 0 amide bonds. The summed E-state index contributed by atoms with van der Waals surface area (Å²) in [5, 5.41) is 0. The zero-order chi connectivity index (χ0) is 7.82. The van der Waals surface area contributed by atoms with Gasteiger partial charge in [-0.3, -0.25) is 0 Å². The summed E-state index contributed by atoms with van der Waals surface area (Å²) in [6, 6.07) is 0. The van der Waals surface area contributed by atoms with Crippen molar-refractivity contribution >= 4 is 45.1 Å². The number of hydrogen-bond donors (Lipinski definition) is 1. The largest absolute Gasteiger partial charge is 0.412 e. The first-order valence-corrected chi connectivity index (χ1v) is 5.97. The van der Waals surface area contributed by atoms with E-state index in [1.807, 2.05) is 0 Å². The highest BCUT2D eigenvalue weighted by molar-refractivity contribution is 8.76. The number of nitrogens with two attached hydrogens (primary N) is 1. The Bertz CT molecular complexity index is 79.1. The Labute approximate surface area is 84.9 Å². The van der Waals surface area contributed by atoms with Crippen molar-refractivity contribution in [1.29, 1.82) is 0 Å². The lowest BCUT2D eigenvalue weighted by Crippen LogP contribution is -2.03. The molecule has 0 saturated carbocycles. The van der Waals surface area contributed by atoms with E-state index in [0.29, 0.717) is 6.54 Å². The van der Waals surface area contributed by atoms with Gasteiger partial charge < -0.3 is 11.2 Å². The highest BCUT2D eigenvalue weighted by Gasteiger charge is 1.94. The van der Waals surface area contributed by atoms with Gasteiger partial charge in [0.15, 0.2) is 0 Å². The van der Waals surface area contributed by atoms with Gasteiger partial charge in [-0.2, -0.15) is 0 Å². The summed E-state index contributed by atoms with van der Waals surface area (Å²) in [5.74, 6) is 1.91. The zero-order valence-corrected chi connectivity index (χ0v) is 9.07. The summed E-state index contributed by atoms with van der Waals surface area (Å²) in [5.41, 5.74) is 5.27. The lowest BCUT2D eigenvalue weighted by molar-refractivity contribution is 0.759. The van der Waals surface area contributed by atoms with E-state index < -0.39 is 0 Å². The maximum Gasteiger partial charge on any atom is 0.0403 e. The third-order valence-electron chi connectivity index (χ3n) is 0.628. The van der Waals surface area contributed by atoms with Crippen LogP contribution in [0.2, 0.25) is 0 Å². The molecule has 0 unspecified atom stereocenters. The smallest absolute Gasteiger partial charge is 0.0403 e. The van der Waals surface area contributed by atoms with E-state index in [9.17, 15) is 0 Å². The average Bonchev–Trinajstić information content (AvgIpc) is 1.87. The fourth-order valence-electron chi connectivity index (χ4n) is 0.272. The summed E-state index contributed by atoms with van der Waals surface area (Å²) in [7, 11) is 3.48. The Kier molecular flexibility index (Phi) is 14.9. The second-order valence-electron chi connectivity index (χ2n) is 1.46. The van der Waals surface area contributed by atoms with Crippen molar-refractivity contribution in [2.45, 2.75) is 0 Å². The molecular formula is C4H12Cl2N2OS2. The van der Waals surface area contributed by atoms with Gasteiger partial charge in [0.25, 0.3) is 0 Å². The highest BCUT2D eigenvalue weighted by Crippen LogP contribution is 2.20. The monoisotopic (exact) mass is 238 g/mol. The van der Waals surface area contributed by atoms with Gasteiger partial charge >= 0.3 is 0 Å². The van der Waals surface area contributed by atoms with Crippen LogP contribution in [0.5, 0.6) is 0 Å². The predicted molar refractivity (Wildman–Crippen MR) is 56.0 cm³/mol. The van der Waals surface area contributed by atoms with Crippen molar-refractivity contribution < 1.29 is 5.48 Å². The molecule has 0 atom stereocenters. The minimum Gasteiger partial charge on any atom is -0.412 e. The highest BCUT2D eigenvalue weighted by atomic mass is 35.5. The Hall–Kier alpha value is 1.16. The van der Waals surface area contributed by atoms with E-state index in [-0.39, 0.29) is 5.48 Å². The summed E-state index contributed by atoms with van der Waals surface area (Å²) in [4.78, 5) is 0. The van der Waals surface area contributed by atoms with Crippen LogP contribution in [0.3, 0.4) is 0 Å². The van der Waals surface area contributed by atoms with E-state index in [1.165, 1.54) is 0 Å². The van der Waals surface area contributed by atoms with Crippen LogP contribution in [-0.4, -0.2) is 34.0 Å². The molecule has 0 rings (SSSR count). The minimum absolute atomic E-state index is 0. The quantitative estimate of drug-likeness (QED) is 0.428. The topological polar surface area (TPSA) is 60.8 Å². The number of hydrogen-bond acceptors (Lipinski definition) is 4. The standard InChI is InChI=1S/C4H10Cl2N2S2.H2O/c5-8(6)2-4-10-9-3-1-7;/h1-4,7H2;1H2. The van der Waals surface area contributed by atoms with E-state index in [1.54, 1.807) is 21.6 Å². The third kappa shape index (κ3) is 14.1. The van der Waals surface area contributed by atoms with Crippen LogP contribution in [0, 0.1) is 0 Å². The van der Waals surface area contributed by atoms with E-state index in [0.717, 1.165) is 22.0 Å². The molecule has 0 aliphatic rings. The Balaban J connectivity index is 0.